The minimum absolute atomic E-state index is 0.0472. The lowest BCUT2D eigenvalue weighted by molar-refractivity contribution is -0.107. The second-order valence-electron chi connectivity index (χ2n) is 4.74. The van der Waals surface area contributed by atoms with Crippen LogP contribution < -0.4 is 11.1 Å². The van der Waals surface area contributed by atoms with Crippen molar-refractivity contribution < 1.29 is 9.47 Å². The van der Waals surface area contributed by atoms with Crippen molar-refractivity contribution in [3.05, 3.63) is 34.9 Å². The van der Waals surface area contributed by atoms with E-state index in [0.717, 1.165) is 21.1 Å². The van der Waals surface area contributed by atoms with Gasteiger partial charge in [-0.25, -0.2) is 0 Å². The standard InChI is InChI=1S/C15H20BrN3O2/c1-20-14(21-2)7-12(8-17)19-13-5-3-4-10-6-11(16)9-18-15(10)13/h3-6,9,12,14,19H,7-8,17H2,1-2H3. The number of ether oxygens (including phenoxy) is 2. The van der Waals surface area contributed by atoms with Gasteiger partial charge in [0.2, 0.25) is 0 Å². The predicted molar refractivity (Wildman–Crippen MR) is 88.3 cm³/mol. The fourth-order valence-corrected chi connectivity index (χ4v) is 2.55. The maximum Gasteiger partial charge on any atom is 0.158 e. The number of nitrogens with two attached hydrogens (primary N) is 1. The van der Waals surface area contributed by atoms with Gasteiger partial charge in [-0.3, -0.25) is 4.98 Å². The van der Waals surface area contributed by atoms with E-state index in [2.05, 4.69) is 26.2 Å². The Kier molecular flexibility index (Phi) is 5.93. The topological polar surface area (TPSA) is 69.4 Å². The highest BCUT2D eigenvalue weighted by Gasteiger charge is 2.15. The molecular weight excluding hydrogens is 334 g/mol. The molecule has 1 aromatic heterocycles. The van der Waals surface area contributed by atoms with Crippen LogP contribution in [0.25, 0.3) is 10.9 Å². The molecule has 2 rings (SSSR count). The predicted octanol–water partition coefficient (Wildman–Crippen LogP) is 2.75. The molecule has 0 saturated heterocycles. The molecule has 0 amide bonds. The van der Waals surface area contributed by atoms with Gasteiger partial charge in [-0.05, 0) is 28.1 Å². The van der Waals surface area contributed by atoms with Gasteiger partial charge in [0.25, 0.3) is 0 Å². The first-order valence-corrected chi connectivity index (χ1v) is 7.53. The molecule has 5 nitrogen and oxygen atoms in total. The largest absolute Gasteiger partial charge is 0.379 e. The lowest BCUT2D eigenvalue weighted by Crippen LogP contribution is -2.34. The summed E-state index contributed by atoms with van der Waals surface area (Å²) in [6, 6.07) is 8.11. The Morgan fingerprint density at radius 1 is 1.33 bits per heavy atom. The van der Waals surface area contributed by atoms with Crippen LogP contribution in [-0.4, -0.2) is 38.1 Å². The molecule has 3 N–H and O–H groups in total. The Hall–Kier alpha value is -1.21. The molecule has 0 fully saturated rings. The van der Waals surface area contributed by atoms with Crippen molar-refractivity contribution in [1.82, 2.24) is 4.98 Å². The highest BCUT2D eigenvalue weighted by atomic mass is 79.9. The first-order chi connectivity index (χ1) is 10.2. The van der Waals surface area contributed by atoms with Crippen LogP contribution in [0.15, 0.2) is 34.9 Å². The summed E-state index contributed by atoms with van der Waals surface area (Å²) >= 11 is 3.44. The Morgan fingerprint density at radius 2 is 2.10 bits per heavy atom. The molecule has 1 aromatic carbocycles. The molecule has 6 heteroatoms. The Balaban J connectivity index is 2.21. The van der Waals surface area contributed by atoms with Gasteiger partial charge in [-0.15, -0.1) is 0 Å². The van der Waals surface area contributed by atoms with Crippen LogP contribution in [0.1, 0.15) is 6.42 Å². The summed E-state index contributed by atoms with van der Waals surface area (Å²) in [6.45, 7) is 0.482. The van der Waals surface area contributed by atoms with E-state index in [1.54, 1.807) is 20.4 Å². The summed E-state index contributed by atoms with van der Waals surface area (Å²) in [6.07, 6.45) is 2.18. The van der Waals surface area contributed by atoms with E-state index in [0.29, 0.717) is 13.0 Å². The van der Waals surface area contributed by atoms with Crippen molar-refractivity contribution in [2.75, 3.05) is 26.1 Å². The van der Waals surface area contributed by atoms with Gasteiger partial charge in [-0.2, -0.15) is 0 Å². The molecule has 0 radical (unpaired) electrons. The number of aromatic nitrogens is 1. The van der Waals surface area contributed by atoms with E-state index in [9.17, 15) is 0 Å². The maximum absolute atomic E-state index is 5.84. The number of rotatable bonds is 7. The number of nitrogens with zero attached hydrogens (tertiary/aromatic N) is 1. The van der Waals surface area contributed by atoms with E-state index in [-0.39, 0.29) is 12.3 Å². The maximum atomic E-state index is 5.84. The quantitative estimate of drug-likeness (QED) is 0.749. The number of halogens is 1. The van der Waals surface area contributed by atoms with Crippen LogP contribution in [-0.2, 0) is 9.47 Å². The average Bonchev–Trinajstić information content (AvgIpc) is 2.51. The average molecular weight is 354 g/mol. The second kappa shape index (κ2) is 7.70. The lowest BCUT2D eigenvalue weighted by atomic mass is 10.1. The van der Waals surface area contributed by atoms with Crippen LogP contribution in [0.5, 0.6) is 0 Å². The third-order valence-corrected chi connectivity index (χ3v) is 3.76. The zero-order chi connectivity index (χ0) is 15.2. The van der Waals surface area contributed by atoms with Gasteiger partial charge in [0.15, 0.2) is 6.29 Å². The molecule has 114 valence electrons. The van der Waals surface area contributed by atoms with Gasteiger partial charge in [-0.1, -0.05) is 12.1 Å². The van der Waals surface area contributed by atoms with Crippen molar-refractivity contribution >= 4 is 32.5 Å². The number of hydrogen-bond donors (Lipinski definition) is 2. The van der Waals surface area contributed by atoms with E-state index in [1.807, 2.05) is 24.3 Å². The highest BCUT2D eigenvalue weighted by Crippen LogP contribution is 2.25. The number of nitrogens with one attached hydrogen (secondary N) is 1. The van der Waals surface area contributed by atoms with Crippen molar-refractivity contribution in [3.63, 3.8) is 0 Å². The SMILES string of the molecule is COC(CC(CN)Nc1cccc2cc(Br)cnc12)OC. The van der Waals surface area contributed by atoms with Crippen molar-refractivity contribution in [2.45, 2.75) is 18.8 Å². The summed E-state index contributed by atoms with van der Waals surface area (Å²) in [5.41, 5.74) is 7.73. The summed E-state index contributed by atoms with van der Waals surface area (Å²) in [5.74, 6) is 0. The van der Waals surface area contributed by atoms with E-state index < -0.39 is 0 Å². The van der Waals surface area contributed by atoms with Gasteiger partial charge in [0.1, 0.15) is 0 Å². The molecule has 0 aliphatic rings. The van der Waals surface area contributed by atoms with Crippen LogP contribution >= 0.6 is 15.9 Å². The minimum atomic E-state index is -0.275. The Labute approximate surface area is 133 Å². The van der Waals surface area contributed by atoms with E-state index >= 15 is 0 Å². The normalized spacial score (nSPS) is 12.8. The molecule has 0 bridgehead atoms. The fraction of sp³-hybridized carbons (Fsp3) is 0.400. The Morgan fingerprint density at radius 3 is 2.76 bits per heavy atom. The summed E-state index contributed by atoms with van der Waals surface area (Å²) in [7, 11) is 3.25. The molecule has 0 aliphatic heterocycles. The van der Waals surface area contributed by atoms with Crippen LogP contribution in [0.2, 0.25) is 0 Å². The first kappa shape index (κ1) is 16.2. The number of fused-ring (bicyclic) bond motifs is 1. The summed E-state index contributed by atoms with van der Waals surface area (Å²) in [4.78, 5) is 4.47. The van der Waals surface area contributed by atoms with E-state index in [1.165, 1.54) is 0 Å². The molecule has 1 unspecified atom stereocenters. The van der Waals surface area contributed by atoms with Gasteiger partial charge >= 0.3 is 0 Å². The fourth-order valence-electron chi connectivity index (χ4n) is 2.21. The van der Waals surface area contributed by atoms with Crippen LogP contribution in [0.4, 0.5) is 5.69 Å². The number of methoxy groups -OCH3 is 2. The molecule has 1 atom stereocenters. The van der Waals surface area contributed by atoms with Gasteiger partial charge in [0, 0.05) is 49.3 Å². The molecule has 0 spiro atoms. The molecule has 0 saturated carbocycles. The summed E-state index contributed by atoms with van der Waals surface area (Å²) < 4.78 is 11.4. The van der Waals surface area contributed by atoms with Crippen molar-refractivity contribution in [2.24, 2.45) is 5.73 Å². The van der Waals surface area contributed by atoms with Crippen molar-refractivity contribution in [1.29, 1.82) is 0 Å². The number of anilines is 1. The zero-order valence-electron chi connectivity index (χ0n) is 12.2. The van der Waals surface area contributed by atoms with Crippen molar-refractivity contribution in [3.8, 4) is 0 Å². The number of benzene rings is 1. The van der Waals surface area contributed by atoms with Crippen LogP contribution in [0, 0.1) is 0 Å². The first-order valence-electron chi connectivity index (χ1n) is 6.74. The highest BCUT2D eigenvalue weighted by molar-refractivity contribution is 9.10. The number of para-hydroxylation sites is 1. The Bertz CT molecular complexity index is 590. The third-order valence-electron chi connectivity index (χ3n) is 3.32. The number of pyridine rings is 1. The lowest BCUT2D eigenvalue weighted by Gasteiger charge is -2.23. The summed E-state index contributed by atoms with van der Waals surface area (Å²) in [5, 5.41) is 4.50. The monoisotopic (exact) mass is 353 g/mol. The smallest absolute Gasteiger partial charge is 0.158 e. The van der Waals surface area contributed by atoms with E-state index in [4.69, 9.17) is 15.2 Å². The molecule has 21 heavy (non-hydrogen) atoms. The van der Waals surface area contributed by atoms with Gasteiger partial charge < -0.3 is 20.5 Å². The minimum Gasteiger partial charge on any atom is -0.379 e. The number of hydrogen-bond acceptors (Lipinski definition) is 5. The molecule has 1 heterocycles. The van der Waals surface area contributed by atoms with Gasteiger partial charge in [0.05, 0.1) is 11.2 Å². The zero-order valence-corrected chi connectivity index (χ0v) is 13.8. The molecular formula is C15H20BrN3O2. The molecule has 2 aromatic rings. The molecule has 0 aliphatic carbocycles. The third kappa shape index (κ3) is 4.14. The van der Waals surface area contributed by atoms with Crippen LogP contribution in [0.3, 0.4) is 0 Å². The second-order valence-corrected chi connectivity index (χ2v) is 5.66.